The molecular formula is C23H27FN4OS. The number of hydrogen-bond acceptors (Lipinski definition) is 4. The van der Waals surface area contributed by atoms with E-state index >= 15 is 0 Å². The van der Waals surface area contributed by atoms with Gasteiger partial charge in [0.25, 0.3) is 0 Å². The number of nitrogens with zero attached hydrogens (tertiary/aromatic N) is 4. The zero-order valence-corrected chi connectivity index (χ0v) is 17.9. The second-order valence-corrected chi connectivity index (χ2v) is 9.56. The third-order valence-electron chi connectivity index (χ3n) is 6.41. The van der Waals surface area contributed by atoms with Gasteiger partial charge in [0.2, 0.25) is 5.96 Å². The summed E-state index contributed by atoms with van der Waals surface area (Å²) in [4.78, 5) is 10.3. The molecule has 1 saturated carbocycles. The Labute approximate surface area is 179 Å². The van der Waals surface area contributed by atoms with Crippen molar-refractivity contribution in [1.82, 2.24) is 14.1 Å². The fraction of sp³-hybridized carbons (Fsp3) is 0.435. The van der Waals surface area contributed by atoms with Gasteiger partial charge in [-0.25, -0.2) is 8.60 Å². The van der Waals surface area contributed by atoms with E-state index in [1.54, 1.807) is 12.1 Å². The van der Waals surface area contributed by atoms with E-state index in [2.05, 4.69) is 14.8 Å². The summed E-state index contributed by atoms with van der Waals surface area (Å²) in [6.45, 7) is 5.34. The van der Waals surface area contributed by atoms with E-state index < -0.39 is 11.0 Å². The van der Waals surface area contributed by atoms with Crippen LogP contribution in [0, 0.1) is 5.82 Å². The highest BCUT2D eigenvalue weighted by molar-refractivity contribution is 7.83. The normalized spacial score (nSPS) is 21.4. The van der Waals surface area contributed by atoms with E-state index in [4.69, 9.17) is 0 Å². The summed E-state index contributed by atoms with van der Waals surface area (Å²) in [6, 6.07) is 14.9. The third kappa shape index (κ3) is 3.76. The molecule has 1 saturated heterocycles. The Morgan fingerprint density at radius 2 is 1.67 bits per heavy atom. The van der Waals surface area contributed by atoms with E-state index in [1.165, 1.54) is 25.3 Å². The highest BCUT2D eigenvalue weighted by Crippen LogP contribution is 2.27. The lowest BCUT2D eigenvalue weighted by molar-refractivity contribution is 0.0834. The summed E-state index contributed by atoms with van der Waals surface area (Å²) >= 11 is 0. The zero-order valence-electron chi connectivity index (χ0n) is 17.0. The van der Waals surface area contributed by atoms with Crippen molar-refractivity contribution in [2.45, 2.75) is 30.2 Å². The average Bonchev–Trinajstić information content (AvgIpc) is 3.23. The van der Waals surface area contributed by atoms with Crippen LogP contribution in [-0.4, -0.2) is 69.6 Å². The number of halogens is 1. The average molecular weight is 427 g/mol. The lowest BCUT2D eigenvalue weighted by Gasteiger charge is -2.44. The van der Waals surface area contributed by atoms with Crippen LogP contribution >= 0.6 is 0 Å². The maximum Gasteiger partial charge on any atom is 0.209 e. The van der Waals surface area contributed by atoms with Crippen molar-refractivity contribution in [1.29, 1.82) is 0 Å². The monoisotopic (exact) mass is 426 g/mol. The Kier molecular flexibility index (Phi) is 5.56. The number of hydrogen-bond donors (Lipinski definition) is 0. The first-order valence-electron chi connectivity index (χ1n) is 10.8. The number of benzene rings is 2. The molecule has 0 aromatic heterocycles. The largest absolute Gasteiger partial charge is 0.339 e. The van der Waals surface area contributed by atoms with Crippen LogP contribution in [0.2, 0.25) is 0 Å². The van der Waals surface area contributed by atoms with Crippen molar-refractivity contribution in [2.75, 3.05) is 39.3 Å². The molecule has 0 bridgehead atoms. The van der Waals surface area contributed by atoms with Gasteiger partial charge >= 0.3 is 0 Å². The van der Waals surface area contributed by atoms with Gasteiger partial charge in [-0.1, -0.05) is 36.8 Å². The second kappa shape index (κ2) is 8.47. The Morgan fingerprint density at radius 3 is 2.33 bits per heavy atom. The van der Waals surface area contributed by atoms with Gasteiger partial charge in [-0.05, 0) is 36.6 Å². The quantitative estimate of drug-likeness (QED) is 0.753. The molecule has 1 aliphatic carbocycles. The minimum absolute atomic E-state index is 0.249. The van der Waals surface area contributed by atoms with E-state index in [0.29, 0.717) is 18.7 Å². The third-order valence-corrected chi connectivity index (χ3v) is 7.83. The van der Waals surface area contributed by atoms with Crippen molar-refractivity contribution in [3.8, 4) is 11.1 Å². The smallest absolute Gasteiger partial charge is 0.209 e. The van der Waals surface area contributed by atoms with E-state index in [1.807, 2.05) is 34.6 Å². The number of guanidine groups is 1. The maximum atomic E-state index is 14.0. The van der Waals surface area contributed by atoms with Gasteiger partial charge in [-0.2, -0.15) is 0 Å². The molecule has 5 rings (SSSR count). The Balaban J connectivity index is 1.26. The van der Waals surface area contributed by atoms with Crippen molar-refractivity contribution in [3.05, 3.63) is 54.3 Å². The standard InChI is InChI=1S/C23H27FN4OS/c24-22-7-2-1-6-21(22)18-8-10-20(11-9-18)30(29)28-13-12-25-23(28)27-16-14-26(15-17-27)19-4-3-5-19/h1-2,6-11,19H,3-5,12-17H2. The summed E-state index contributed by atoms with van der Waals surface area (Å²) in [5.41, 5.74) is 1.35. The summed E-state index contributed by atoms with van der Waals surface area (Å²) in [5.74, 6) is 0.612. The molecule has 2 fully saturated rings. The van der Waals surface area contributed by atoms with Crippen LogP contribution in [0.1, 0.15) is 19.3 Å². The van der Waals surface area contributed by atoms with Crippen molar-refractivity contribution in [3.63, 3.8) is 0 Å². The van der Waals surface area contributed by atoms with Gasteiger partial charge in [-0.15, -0.1) is 0 Å². The summed E-state index contributed by atoms with van der Waals surface area (Å²) in [7, 11) is -1.31. The van der Waals surface area contributed by atoms with Crippen LogP contribution in [0.4, 0.5) is 4.39 Å². The first-order chi connectivity index (χ1) is 14.7. The van der Waals surface area contributed by atoms with E-state index in [9.17, 15) is 8.60 Å². The van der Waals surface area contributed by atoms with Gasteiger partial charge in [0, 0.05) is 37.8 Å². The molecule has 1 atom stereocenters. The molecule has 0 radical (unpaired) electrons. The van der Waals surface area contributed by atoms with Gasteiger partial charge in [0.15, 0.2) is 11.0 Å². The van der Waals surface area contributed by atoms with Crippen LogP contribution in [0.15, 0.2) is 58.4 Å². The van der Waals surface area contributed by atoms with Crippen LogP contribution in [-0.2, 0) is 11.0 Å². The van der Waals surface area contributed by atoms with Crippen molar-refractivity contribution in [2.24, 2.45) is 4.99 Å². The summed E-state index contributed by atoms with van der Waals surface area (Å²) in [6.07, 6.45) is 4.03. The molecule has 2 aromatic rings. The fourth-order valence-corrected chi connectivity index (χ4v) is 5.64. The lowest BCUT2D eigenvalue weighted by Crippen LogP contribution is -2.55. The number of rotatable bonds is 4. The van der Waals surface area contributed by atoms with Gasteiger partial charge in [0.05, 0.1) is 18.0 Å². The van der Waals surface area contributed by atoms with Crippen molar-refractivity contribution < 1.29 is 8.60 Å². The lowest BCUT2D eigenvalue weighted by atomic mass is 9.91. The fourth-order valence-electron chi connectivity index (χ4n) is 4.45. The topological polar surface area (TPSA) is 39.2 Å². The predicted molar refractivity (Wildman–Crippen MR) is 118 cm³/mol. The number of aliphatic imine (C=N–C) groups is 1. The van der Waals surface area contributed by atoms with Crippen LogP contribution in [0.5, 0.6) is 0 Å². The minimum atomic E-state index is -1.31. The SMILES string of the molecule is O=S(c1ccc(-c2ccccc2F)cc1)N1CCN=C1N1CCN(C2CCC2)CC1. The second-order valence-electron chi connectivity index (χ2n) is 8.14. The van der Waals surface area contributed by atoms with Gasteiger partial charge in [-0.3, -0.25) is 14.2 Å². The van der Waals surface area contributed by atoms with Crippen LogP contribution < -0.4 is 0 Å². The number of piperazine rings is 1. The summed E-state index contributed by atoms with van der Waals surface area (Å²) in [5, 5.41) is 0. The zero-order chi connectivity index (χ0) is 20.5. The molecule has 3 aliphatic rings. The first-order valence-corrected chi connectivity index (χ1v) is 11.9. The Hall–Kier alpha value is -2.25. The Bertz CT molecular complexity index is 952. The molecule has 0 N–H and O–H groups in total. The molecule has 5 nitrogen and oxygen atoms in total. The molecule has 30 heavy (non-hydrogen) atoms. The van der Waals surface area contributed by atoms with Gasteiger partial charge in [0.1, 0.15) is 5.82 Å². The van der Waals surface area contributed by atoms with E-state index in [-0.39, 0.29) is 5.82 Å². The molecule has 2 aliphatic heterocycles. The predicted octanol–water partition coefficient (Wildman–Crippen LogP) is 3.36. The highest BCUT2D eigenvalue weighted by Gasteiger charge is 2.33. The highest BCUT2D eigenvalue weighted by atomic mass is 32.2. The molecule has 2 aromatic carbocycles. The molecule has 2 heterocycles. The molecule has 0 spiro atoms. The molecule has 0 amide bonds. The summed E-state index contributed by atoms with van der Waals surface area (Å²) < 4.78 is 29.2. The molecular weight excluding hydrogens is 399 g/mol. The van der Waals surface area contributed by atoms with Crippen LogP contribution in [0.25, 0.3) is 11.1 Å². The maximum absolute atomic E-state index is 14.0. The van der Waals surface area contributed by atoms with Crippen LogP contribution in [0.3, 0.4) is 0 Å². The Morgan fingerprint density at radius 1 is 0.933 bits per heavy atom. The molecule has 158 valence electrons. The van der Waals surface area contributed by atoms with Crippen molar-refractivity contribution >= 4 is 16.9 Å². The minimum Gasteiger partial charge on any atom is -0.339 e. The van der Waals surface area contributed by atoms with Gasteiger partial charge < -0.3 is 4.90 Å². The first kappa shape index (κ1) is 19.7. The molecule has 1 unspecified atom stereocenters. The molecule has 7 heteroatoms. The van der Waals surface area contributed by atoms with E-state index in [0.717, 1.165) is 48.6 Å².